The lowest BCUT2D eigenvalue weighted by Crippen LogP contribution is -2.48. The van der Waals surface area contributed by atoms with E-state index < -0.39 is 5.60 Å². The first-order valence-corrected chi connectivity index (χ1v) is 6.97. The topological polar surface area (TPSA) is 49.8 Å². The summed E-state index contributed by atoms with van der Waals surface area (Å²) in [5.74, 6) is 0.704. The summed E-state index contributed by atoms with van der Waals surface area (Å²) in [6.07, 6.45) is 1.81. The Kier molecular flexibility index (Phi) is 3.64. The first-order valence-electron chi connectivity index (χ1n) is 6.09. The molecule has 0 saturated carbocycles. The van der Waals surface area contributed by atoms with Gasteiger partial charge in [-0.15, -0.1) is 11.3 Å². The molecule has 1 unspecified atom stereocenters. The van der Waals surface area contributed by atoms with Crippen molar-refractivity contribution in [3.05, 3.63) is 16.3 Å². The highest BCUT2D eigenvalue weighted by atomic mass is 32.1. The molecule has 18 heavy (non-hydrogen) atoms. The van der Waals surface area contributed by atoms with Crippen LogP contribution in [0.2, 0.25) is 0 Å². The minimum Gasteiger partial charge on any atom is -0.496 e. The number of likely N-dealkylation sites (tertiary alicyclic amines) is 1. The average Bonchev–Trinajstić information content (AvgIpc) is 2.96. The largest absolute Gasteiger partial charge is 0.496 e. The third-order valence-electron chi connectivity index (χ3n) is 3.35. The number of nitrogens with zero attached hydrogens (tertiary/aromatic N) is 1. The number of carbonyl (C=O) groups excluding carboxylic acids is 1. The van der Waals surface area contributed by atoms with Gasteiger partial charge in [-0.25, -0.2) is 0 Å². The third-order valence-corrected chi connectivity index (χ3v) is 4.25. The second kappa shape index (κ2) is 4.90. The fraction of sp³-hybridized carbons (Fsp3) is 0.615. The van der Waals surface area contributed by atoms with Gasteiger partial charge in [0.2, 0.25) is 0 Å². The first-order chi connectivity index (χ1) is 8.43. The van der Waals surface area contributed by atoms with Crippen LogP contribution < -0.4 is 4.74 Å². The van der Waals surface area contributed by atoms with Gasteiger partial charge in [-0.2, -0.15) is 0 Å². The van der Waals surface area contributed by atoms with Crippen molar-refractivity contribution in [1.29, 1.82) is 0 Å². The van der Waals surface area contributed by atoms with E-state index in [1.165, 1.54) is 11.3 Å². The number of rotatable bonds is 3. The van der Waals surface area contributed by atoms with Crippen molar-refractivity contribution in [2.75, 3.05) is 13.7 Å². The first kappa shape index (κ1) is 13.4. The van der Waals surface area contributed by atoms with Gasteiger partial charge in [-0.05, 0) is 26.7 Å². The van der Waals surface area contributed by atoms with Crippen LogP contribution in [0, 0.1) is 0 Å². The summed E-state index contributed by atoms with van der Waals surface area (Å²) in [6.45, 7) is 4.24. The minimum atomic E-state index is -0.854. The average molecular weight is 269 g/mol. The molecule has 0 bridgehead atoms. The van der Waals surface area contributed by atoms with E-state index in [1.54, 1.807) is 31.9 Å². The Bertz CT molecular complexity index is 436. The van der Waals surface area contributed by atoms with E-state index >= 15 is 0 Å². The number of amides is 1. The summed E-state index contributed by atoms with van der Waals surface area (Å²) in [7, 11) is 1.59. The van der Waals surface area contributed by atoms with E-state index in [0.29, 0.717) is 17.2 Å². The zero-order valence-electron chi connectivity index (χ0n) is 11.0. The van der Waals surface area contributed by atoms with Gasteiger partial charge in [0.1, 0.15) is 5.75 Å². The molecule has 1 atom stereocenters. The van der Waals surface area contributed by atoms with Crippen molar-refractivity contribution in [3.63, 3.8) is 0 Å². The zero-order valence-corrected chi connectivity index (χ0v) is 11.8. The SMILES string of the molecule is COc1csc(C(=O)N2CCCC2C(C)(C)O)c1. The van der Waals surface area contributed by atoms with E-state index in [4.69, 9.17) is 4.74 Å². The molecule has 1 aliphatic heterocycles. The Morgan fingerprint density at radius 2 is 2.33 bits per heavy atom. The normalized spacial score (nSPS) is 20.2. The van der Waals surface area contributed by atoms with Crippen LogP contribution in [0.3, 0.4) is 0 Å². The number of carbonyl (C=O) groups is 1. The molecule has 1 aromatic heterocycles. The number of hydrogen-bond donors (Lipinski definition) is 1. The minimum absolute atomic E-state index is 0.00655. The molecule has 0 radical (unpaired) electrons. The lowest BCUT2D eigenvalue weighted by atomic mass is 9.96. The number of thiophene rings is 1. The molecule has 4 nitrogen and oxygen atoms in total. The van der Waals surface area contributed by atoms with Crippen LogP contribution in [0.1, 0.15) is 36.4 Å². The maximum absolute atomic E-state index is 12.4. The van der Waals surface area contributed by atoms with Crippen molar-refractivity contribution >= 4 is 17.2 Å². The maximum Gasteiger partial charge on any atom is 0.264 e. The molecule has 0 aliphatic carbocycles. The number of ether oxygens (including phenoxy) is 1. The smallest absolute Gasteiger partial charge is 0.264 e. The van der Waals surface area contributed by atoms with Crippen LogP contribution in [0.15, 0.2) is 11.4 Å². The lowest BCUT2D eigenvalue weighted by molar-refractivity contribution is 0.000516. The number of aliphatic hydroxyl groups is 1. The van der Waals surface area contributed by atoms with Crippen LogP contribution in [0.25, 0.3) is 0 Å². The Labute approximate surface area is 111 Å². The van der Waals surface area contributed by atoms with E-state index in [9.17, 15) is 9.90 Å². The van der Waals surface area contributed by atoms with Crippen LogP contribution >= 0.6 is 11.3 Å². The second-order valence-corrected chi connectivity index (χ2v) is 6.07. The second-order valence-electron chi connectivity index (χ2n) is 5.16. The van der Waals surface area contributed by atoms with E-state index in [2.05, 4.69) is 0 Å². The molecule has 100 valence electrons. The van der Waals surface area contributed by atoms with Crippen LogP contribution in [0.4, 0.5) is 0 Å². The predicted octanol–water partition coefficient (Wildman–Crippen LogP) is 2.13. The monoisotopic (exact) mass is 269 g/mol. The van der Waals surface area contributed by atoms with E-state index in [1.807, 2.05) is 5.38 Å². The van der Waals surface area contributed by atoms with E-state index in [-0.39, 0.29) is 11.9 Å². The van der Waals surface area contributed by atoms with Gasteiger partial charge in [0, 0.05) is 18.0 Å². The quantitative estimate of drug-likeness (QED) is 0.914. The third kappa shape index (κ3) is 2.52. The molecule has 1 N–H and O–H groups in total. The molecule has 0 spiro atoms. The van der Waals surface area contributed by atoms with Gasteiger partial charge in [-0.3, -0.25) is 4.79 Å². The van der Waals surface area contributed by atoms with Gasteiger partial charge < -0.3 is 14.7 Å². The fourth-order valence-corrected chi connectivity index (χ4v) is 3.23. The summed E-state index contributed by atoms with van der Waals surface area (Å²) >= 11 is 1.38. The molecule has 1 saturated heterocycles. The van der Waals surface area contributed by atoms with E-state index in [0.717, 1.165) is 12.8 Å². The van der Waals surface area contributed by atoms with Crippen LogP contribution in [0.5, 0.6) is 5.75 Å². The predicted molar refractivity (Wildman–Crippen MR) is 71.2 cm³/mol. The van der Waals surface area contributed by atoms with Crippen molar-refractivity contribution < 1.29 is 14.6 Å². The molecule has 0 aromatic carbocycles. The molecule has 1 aliphatic rings. The molecular weight excluding hydrogens is 250 g/mol. The van der Waals surface area contributed by atoms with Crippen molar-refractivity contribution in [3.8, 4) is 5.75 Å². The molecule has 2 rings (SSSR count). The number of methoxy groups -OCH3 is 1. The van der Waals surface area contributed by atoms with Crippen molar-refractivity contribution in [1.82, 2.24) is 4.90 Å². The van der Waals surface area contributed by atoms with Gasteiger partial charge in [-0.1, -0.05) is 0 Å². The van der Waals surface area contributed by atoms with Gasteiger partial charge >= 0.3 is 0 Å². The molecule has 1 fully saturated rings. The number of hydrogen-bond acceptors (Lipinski definition) is 4. The molecule has 5 heteroatoms. The highest BCUT2D eigenvalue weighted by Gasteiger charge is 2.39. The highest BCUT2D eigenvalue weighted by molar-refractivity contribution is 7.12. The van der Waals surface area contributed by atoms with Gasteiger partial charge in [0.15, 0.2) is 0 Å². The van der Waals surface area contributed by atoms with Crippen LogP contribution in [-0.2, 0) is 0 Å². The van der Waals surface area contributed by atoms with Crippen molar-refractivity contribution in [2.24, 2.45) is 0 Å². The highest BCUT2D eigenvalue weighted by Crippen LogP contribution is 2.30. The Morgan fingerprint density at radius 3 is 2.89 bits per heavy atom. The summed E-state index contributed by atoms with van der Waals surface area (Å²) in [5, 5.41) is 11.9. The van der Waals surface area contributed by atoms with Crippen LogP contribution in [-0.4, -0.2) is 41.2 Å². The molecule has 2 heterocycles. The Morgan fingerprint density at radius 1 is 1.61 bits per heavy atom. The Hall–Kier alpha value is -1.07. The molecular formula is C13H19NO3S. The molecule has 1 amide bonds. The zero-order chi connectivity index (χ0) is 13.3. The van der Waals surface area contributed by atoms with Crippen molar-refractivity contribution in [2.45, 2.75) is 38.3 Å². The Balaban J connectivity index is 2.18. The maximum atomic E-state index is 12.4. The summed E-state index contributed by atoms with van der Waals surface area (Å²) in [6, 6.07) is 1.66. The fourth-order valence-electron chi connectivity index (χ4n) is 2.42. The summed E-state index contributed by atoms with van der Waals surface area (Å²) < 4.78 is 5.09. The standard InChI is InChI=1S/C13H19NO3S/c1-13(2,16)11-5-4-6-14(11)12(15)10-7-9(17-3)8-18-10/h7-8,11,16H,4-6H2,1-3H3. The summed E-state index contributed by atoms with van der Waals surface area (Å²) in [5.41, 5.74) is -0.854. The van der Waals surface area contributed by atoms with Gasteiger partial charge in [0.25, 0.3) is 5.91 Å². The lowest BCUT2D eigenvalue weighted by Gasteiger charge is -2.33. The summed E-state index contributed by atoms with van der Waals surface area (Å²) in [4.78, 5) is 14.9. The van der Waals surface area contributed by atoms with Gasteiger partial charge in [0.05, 0.1) is 23.6 Å². The molecule has 1 aromatic rings.